The van der Waals surface area contributed by atoms with Gasteiger partial charge in [-0.25, -0.2) is 0 Å². The van der Waals surface area contributed by atoms with Gasteiger partial charge in [0.05, 0.1) is 5.02 Å². The van der Waals surface area contributed by atoms with E-state index in [4.69, 9.17) is 33.7 Å². The first-order valence-electron chi connectivity index (χ1n) is 7.03. The maximum absolute atomic E-state index is 12.0. The number of likely N-dealkylation sites (N-methyl/N-ethyl adjacent to an activating group) is 1. The van der Waals surface area contributed by atoms with Crippen LogP contribution in [0, 0.1) is 0 Å². The van der Waals surface area contributed by atoms with Gasteiger partial charge in [-0.3, -0.25) is 4.79 Å². The molecule has 1 unspecified atom stereocenters. The van der Waals surface area contributed by atoms with Crippen molar-refractivity contribution in [3.8, 4) is 5.75 Å². The largest absolute Gasteiger partial charge is 0.482 e. The van der Waals surface area contributed by atoms with E-state index < -0.39 is 0 Å². The normalized spacial score (nSPS) is 12.1. The minimum Gasteiger partial charge on any atom is -0.482 e. The molecule has 118 valence electrons. The van der Waals surface area contributed by atoms with Crippen LogP contribution < -0.4 is 10.5 Å². The van der Waals surface area contributed by atoms with Gasteiger partial charge in [0.2, 0.25) is 0 Å². The summed E-state index contributed by atoms with van der Waals surface area (Å²) in [5, 5.41) is 0.920. The monoisotopic (exact) mass is 332 g/mol. The number of nitrogens with two attached hydrogens (primary N) is 1. The molecular formula is C15H22Cl2N2O2. The van der Waals surface area contributed by atoms with Crippen LogP contribution in [0.5, 0.6) is 5.75 Å². The van der Waals surface area contributed by atoms with Crippen LogP contribution in [0.15, 0.2) is 12.1 Å². The molecular weight excluding hydrogens is 311 g/mol. The molecule has 0 radical (unpaired) electrons. The Morgan fingerprint density at radius 2 is 1.95 bits per heavy atom. The molecule has 0 saturated carbocycles. The van der Waals surface area contributed by atoms with E-state index in [0.29, 0.717) is 35.3 Å². The number of carbonyl (C=O) groups is 1. The number of benzene rings is 1. The lowest BCUT2D eigenvalue weighted by Gasteiger charge is -2.20. The molecule has 0 aliphatic heterocycles. The maximum Gasteiger partial charge on any atom is 0.260 e. The summed E-state index contributed by atoms with van der Waals surface area (Å²) < 4.78 is 5.63. The van der Waals surface area contributed by atoms with Gasteiger partial charge in [-0.1, -0.05) is 23.2 Å². The van der Waals surface area contributed by atoms with Gasteiger partial charge in [0.15, 0.2) is 6.61 Å². The minimum atomic E-state index is -0.0715. The highest BCUT2D eigenvalue weighted by atomic mass is 35.5. The van der Waals surface area contributed by atoms with E-state index in [1.54, 1.807) is 17.0 Å². The van der Waals surface area contributed by atoms with E-state index in [0.717, 1.165) is 5.56 Å². The van der Waals surface area contributed by atoms with Crippen LogP contribution in [0.1, 0.15) is 26.3 Å². The average molecular weight is 333 g/mol. The van der Waals surface area contributed by atoms with Gasteiger partial charge < -0.3 is 15.4 Å². The number of hydrogen-bond donors (Lipinski definition) is 1. The standard InChI is InChI=1S/C15H22Cl2N2O2/c1-4-19(5-2)14(20)9-21-15-11(6-10(3)18)7-12(16)8-13(15)17/h7-8,10H,4-6,9,18H2,1-3H3. The van der Waals surface area contributed by atoms with Crippen LogP contribution in [0.3, 0.4) is 0 Å². The number of rotatable bonds is 7. The lowest BCUT2D eigenvalue weighted by molar-refractivity contribution is -0.132. The number of halogens is 2. The molecule has 0 aliphatic carbocycles. The van der Waals surface area contributed by atoms with E-state index in [-0.39, 0.29) is 18.6 Å². The van der Waals surface area contributed by atoms with Crippen LogP contribution in [-0.4, -0.2) is 36.5 Å². The molecule has 4 nitrogen and oxygen atoms in total. The highest BCUT2D eigenvalue weighted by Gasteiger charge is 2.16. The fraction of sp³-hybridized carbons (Fsp3) is 0.533. The van der Waals surface area contributed by atoms with Gasteiger partial charge in [0.25, 0.3) is 5.91 Å². The second-order valence-electron chi connectivity index (χ2n) is 4.91. The van der Waals surface area contributed by atoms with Gasteiger partial charge in [-0.05, 0) is 44.9 Å². The van der Waals surface area contributed by atoms with Crippen molar-refractivity contribution in [3.63, 3.8) is 0 Å². The molecule has 0 heterocycles. The number of carbonyl (C=O) groups excluding carboxylic acids is 1. The molecule has 21 heavy (non-hydrogen) atoms. The smallest absolute Gasteiger partial charge is 0.260 e. The van der Waals surface area contributed by atoms with Crippen LogP contribution in [0.4, 0.5) is 0 Å². The first-order valence-corrected chi connectivity index (χ1v) is 7.78. The Kier molecular flexibility index (Phi) is 7.29. The zero-order valence-electron chi connectivity index (χ0n) is 12.7. The van der Waals surface area contributed by atoms with Crippen LogP contribution >= 0.6 is 23.2 Å². The summed E-state index contributed by atoms with van der Waals surface area (Å²) >= 11 is 12.2. The number of ether oxygens (including phenoxy) is 1. The van der Waals surface area contributed by atoms with E-state index in [2.05, 4.69) is 0 Å². The third-order valence-corrected chi connectivity index (χ3v) is 3.58. The quantitative estimate of drug-likeness (QED) is 0.834. The minimum absolute atomic E-state index is 0.0466. The molecule has 0 saturated heterocycles. The van der Waals surface area contributed by atoms with Crippen molar-refractivity contribution >= 4 is 29.1 Å². The van der Waals surface area contributed by atoms with E-state index >= 15 is 0 Å². The molecule has 2 N–H and O–H groups in total. The predicted octanol–water partition coefficient (Wildman–Crippen LogP) is 3.13. The molecule has 1 atom stereocenters. The molecule has 1 aromatic rings. The molecule has 0 aromatic heterocycles. The molecule has 1 rings (SSSR count). The summed E-state index contributed by atoms with van der Waals surface area (Å²) in [4.78, 5) is 13.7. The Bertz CT molecular complexity index is 489. The topological polar surface area (TPSA) is 55.6 Å². The predicted molar refractivity (Wildman–Crippen MR) is 87.2 cm³/mol. The van der Waals surface area contributed by atoms with Crippen LogP contribution in [-0.2, 0) is 11.2 Å². The summed E-state index contributed by atoms with van der Waals surface area (Å²) in [6.45, 7) is 7.00. The van der Waals surface area contributed by atoms with Crippen molar-refractivity contribution < 1.29 is 9.53 Å². The highest BCUT2D eigenvalue weighted by Crippen LogP contribution is 2.33. The summed E-state index contributed by atoms with van der Waals surface area (Å²) in [6, 6.07) is 3.32. The van der Waals surface area contributed by atoms with Crippen molar-refractivity contribution in [2.75, 3.05) is 19.7 Å². The third kappa shape index (κ3) is 5.38. The van der Waals surface area contributed by atoms with Crippen molar-refractivity contribution in [2.24, 2.45) is 5.73 Å². The van der Waals surface area contributed by atoms with E-state index in [1.807, 2.05) is 20.8 Å². The number of amides is 1. The van der Waals surface area contributed by atoms with Crippen molar-refractivity contribution in [1.29, 1.82) is 0 Å². The maximum atomic E-state index is 12.0. The first-order chi connectivity index (χ1) is 9.88. The third-order valence-electron chi connectivity index (χ3n) is 3.08. The highest BCUT2D eigenvalue weighted by molar-refractivity contribution is 6.35. The Balaban J connectivity index is 2.89. The van der Waals surface area contributed by atoms with E-state index in [9.17, 15) is 4.79 Å². The van der Waals surface area contributed by atoms with Gasteiger partial charge in [0, 0.05) is 24.2 Å². The fourth-order valence-electron chi connectivity index (χ4n) is 2.08. The number of hydrogen-bond acceptors (Lipinski definition) is 3. The van der Waals surface area contributed by atoms with Gasteiger partial charge >= 0.3 is 0 Å². The Labute approximate surface area is 136 Å². The van der Waals surface area contributed by atoms with Crippen LogP contribution in [0.25, 0.3) is 0 Å². The summed E-state index contributed by atoms with van der Waals surface area (Å²) in [6.07, 6.45) is 0.578. The molecule has 6 heteroatoms. The average Bonchev–Trinajstić information content (AvgIpc) is 2.38. The molecule has 0 spiro atoms. The van der Waals surface area contributed by atoms with Crippen molar-refractivity contribution in [2.45, 2.75) is 33.2 Å². The van der Waals surface area contributed by atoms with Crippen LogP contribution in [0.2, 0.25) is 10.0 Å². The second kappa shape index (κ2) is 8.47. The summed E-state index contributed by atoms with van der Waals surface area (Å²) in [5.41, 5.74) is 6.64. The van der Waals surface area contributed by atoms with Gasteiger partial charge in [-0.15, -0.1) is 0 Å². The van der Waals surface area contributed by atoms with Crippen molar-refractivity contribution in [1.82, 2.24) is 4.90 Å². The first kappa shape index (κ1) is 18.1. The molecule has 1 amide bonds. The molecule has 0 fully saturated rings. The molecule has 0 bridgehead atoms. The lowest BCUT2D eigenvalue weighted by atomic mass is 10.1. The zero-order chi connectivity index (χ0) is 16.0. The second-order valence-corrected chi connectivity index (χ2v) is 5.76. The van der Waals surface area contributed by atoms with Gasteiger partial charge in [0.1, 0.15) is 5.75 Å². The molecule has 0 aliphatic rings. The van der Waals surface area contributed by atoms with E-state index in [1.165, 1.54) is 0 Å². The molecule has 1 aromatic carbocycles. The summed E-state index contributed by atoms with van der Waals surface area (Å²) in [5.74, 6) is 0.414. The van der Waals surface area contributed by atoms with Gasteiger partial charge in [-0.2, -0.15) is 0 Å². The summed E-state index contributed by atoms with van der Waals surface area (Å²) in [7, 11) is 0. The SMILES string of the molecule is CCN(CC)C(=O)COc1c(Cl)cc(Cl)cc1CC(C)N. The Hall–Kier alpha value is -0.970. The van der Waals surface area contributed by atoms with Crippen molar-refractivity contribution in [3.05, 3.63) is 27.7 Å². The fourth-order valence-corrected chi connectivity index (χ4v) is 2.67. The Morgan fingerprint density at radius 1 is 1.33 bits per heavy atom. The zero-order valence-corrected chi connectivity index (χ0v) is 14.2. The Morgan fingerprint density at radius 3 is 2.48 bits per heavy atom. The number of nitrogens with zero attached hydrogens (tertiary/aromatic N) is 1. The lowest BCUT2D eigenvalue weighted by Crippen LogP contribution is -2.34.